The van der Waals surface area contributed by atoms with Crippen LogP contribution >= 0.6 is 0 Å². The van der Waals surface area contributed by atoms with E-state index in [1.807, 2.05) is 53.2 Å². The maximum absolute atomic E-state index is 13.6. The topological polar surface area (TPSA) is 67.7 Å². The molecule has 8 heteroatoms. The van der Waals surface area contributed by atoms with E-state index < -0.39 is 10.0 Å². The Labute approximate surface area is 176 Å². The first kappa shape index (κ1) is 19.4. The zero-order valence-electron chi connectivity index (χ0n) is 16.7. The molecule has 7 nitrogen and oxygen atoms in total. The third-order valence-electron chi connectivity index (χ3n) is 6.16. The zero-order valence-corrected chi connectivity index (χ0v) is 17.5. The minimum atomic E-state index is -3.62. The van der Waals surface area contributed by atoms with E-state index in [4.69, 9.17) is 4.84 Å². The lowest BCUT2D eigenvalue weighted by Crippen LogP contribution is -2.49. The summed E-state index contributed by atoms with van der Waals surface area (Å²) in [5.74, 6) is 0.162. The van der Waals surface area contributed by atoms with Crippen molar-refractivity contribution in [1.82, 2.24) is 18.9 Å². The number of aromatic nitrogens is 2. The van der Waals surface area contributed by atoms with Gasteiger partial charge in [-0.25, -0.2) is 13.4 Å². The first-order valence-electron chi connectivity index (χ1n) is 10.0. The number of sulfonamides is 1. The number of rotatable bonds is 4. The molecule has 3 aromatic rings. The molecule has 3 atom stereocenters. The van der Waals surface area contributed by atoms with Crippen LogP contribution in [0, 0.1) is 5.92 Å². The Morgan fingerprint density at radius 1 is 1.07 bits per heavy atom. The molecule has 2 aliphatic heterocycles. The molecule has 0 amide bonds. The fraction of sp³-hybridized carbons (Fsp3) is 0.318. The van der Waals surface area contributed by atoms with Gasteiger partial charge in [0, 0.05) is 43.6 Å². The van der Waals surface area contributed by atoms with E-state index >= 15 is 0 Å². The lowest BCUT2D eigenvalue weighted by Gasteiger charge is -2.41. The number of piperidine rings is 1. The number of nitrogens with zero attached hydrogens (tertiary/aromatic N) is 4. The van der Waals surface area contributed by atoms with E-state index in [1.165, 1.54) is 0 Å². The second-order valence-electron chi connectivity index (χ2n) is 7.87. The van der Waals surface area contributed by atoms with Gasteiger partial charge in [-0.3, -0.25) is 4.84 Å². The summed E-state index contributed by atoms with van der Waals surface area (Å²) in [4.78, 5) is 10.1. The van der Waals surface area contributed by atoms with Crippen LogP contribution in [-0.4, -0.2) is 53.6 Å². The second kappa shape index (κ2) is 7.63. The average Bonchev–Trinajstić information content (AvgIpc) is 3.44. The summed E-state index contributed by atoms with van der Waals surface area (Å²) in [6, 6.07) is 16.7. The van der Waals surface area contributed by atoms with Gasteiger partial charge in [-0.15, -0.1) is 0 Å². The molecule has 0 radical (unpaired) electrons. The van der Waals surface area contributed by atoms with Crippen molar-refractivity contribution in [2.24, 2.45) is 5.92 Å². The van der Waals surface area contributed by atoms with Gasteiger partial charge in [0.1, 0.15) is 0 Å². The van der Waals surface area contributed by atoms with Crippen LogP contribution in [0.5, 0.6) is 0 Å². The van der Waals surface area contributed by atoms with Gasteiger partial charge in [-0.2, -0.15) is 9.37 Å². The van der Waals surface area contributed by atoms with Crippen molar-refractivity contribution in [3.05, 3.63) is 78.9 Å². The second-order valence-corrected chi connectivity index (χ2v) is 9.76. The van der Waals surface area contributed by atoms with Crippen molar-refractivity contribution >= 4 is 10.0 Å². The van der Waals surface area contributed by atoms with Crippen LogP contribution in [-0.2, 0) is 14.9 Å². The molecule has 0 spiro atoms. The van der Waals surface area contributed by atoms with Crippen LogP contribution in [0.15, 0.2) is 78.2 Å². The molecule has 156 valence electrons. The Hall–Kier alpha value is -2.52. The van der Waals surface area contributed by atoms with Crippen molar-refractivity contribution in [2.45, 2.75) is 23.4 Å². The van der Waals surface area contributed by atoms with Gasteiger partial charge in [0.25, 0.3) is 0 Å². The molecule has 2 aliphatic rings. The largest absolute Gasteiger partial charge is 0.306 e. The molecular weight excluding hydrogens is 400 g/mol. The van der Waals surface area contributed by atoms with E-state index in [9.17, 15) is 8.42 Å². The summed E-state index contributed by atoms with van der Waals surface area (Å²) in [5.41, 5.74) is 1.97. The maximum atomic E-state index is 13.6. The third-order valence-corrected chi connectivity index (χ3v) is 8.05. The Morgan fingerprint density at radius 3 is 2.53 bits per heavy atom. The Morgan fingerprint density at radius 2 is 1.83 bits per heavy atom. The van der Waals surface area contributed by atoms with Crippen LogP contribution in [0.3, 0.4) is 0 Å². The van der Waals surface area contributed by atoms with Crippen molar-refractivity contribution in [2.75, 3.05) is 20.2 Å². The highest BCUT2D eigenvalue weighted by molar-refractivity contribution is 7.89. The number of hydrogen-bond acceptors (Lipinski definition) is 5. The highest BCUT2D eigenvalue weighted by Gasteiger charge is 2.46. The number of hydrogen-bond donors (Lipinski definition) is 0. The number of fused-ring (bicyclic) bond motifs is 1. The van der Waals surface area contributed by atoms with E-state index in [0.717, 1.165) is 11.3 Å². The molecule has 0 N–H and O–H groups in total. The maximum Gasteiger partial charge on any atom is 0.243 e. The highest BCUT2D eigenvalue weighted by atomic mass is 32.2. The van der Waals surface area contributed by atoms with Crippen molar-refractivity contribution in [1.29, 1.82) is 0 Å². The summed E-state index contributed by atoms with van der Waals surface area (Å²) < 4.78 is 30.7. The Kier molecular flexibility index (Phi) is 4.94. The van der Waals surface area contributed by atoms with Crippen LogP contribution in [0.4, 0.5) is 0 Å². The highest BCUT2D eigenvalue weighted by Crippen LogP contribution is 2.41. The van der Waals surface area contributed by atoms with Gasteiger partial charge in [-0.05, 0) is 36.2 Å². The van der Waals surface area contributed by atoms with Gasteiger partial charge in [-0.1, -0.05) is 30.3 Å². The summed E-state index contributed by atoms with van der Waals surface area (Å²) in [5, 5.41) is 1.89. The normalized spacial score (nSPS) is 25.3. The van der Waals surface area contributed by atoms with Crippen LogP contribution < -0.4 is 0 Å². The fourth-order valence-electron chi connectivity index (χ4n) is 4.51. The Balaban J connectivity index is 1.52. The number of imidazole rings is 1. The molecule has 1 aromatic heterocycles. The van der Waals surface area contributed by atoms with Crippen molar-refractivity contribution in [3.8, 4) is 5.69 Å². The van der Waals surface area contributed by atoms with Gasteiger partial charge in [0.2, 0.25) is 10.0 Å². The summed E-state index contributed by atoms with van der Waals surface area (Å²) in [6.45, 7) is 0.994. The van der Waals surface area contributed by atoms with E-state index in [-0.39, 0.29) is 18.0 Å². The molecule has 2 aromatic carbocycles. The molecule has 2 saturated heterocycles. The van der Waals surface area contributed by atoms with Crippen LogP contribution in [0.2, 0.25) is 0 Å². The third kappa shape index (κ3) is 3.35. The average molecular weight is 425 g/mol. The first-order chi connectivity index (χ1) is 14.5. The summed E-state index contributed by atoms with van der Waals surface area (Å²) in [7, 11) is -1.69. The van der Waals surface area contributed by atoms with Crippen LogP contribution in [0.1, 0.15) is 18.0 Å². The molecule has 5 rings (SSSR count). The molecule has 30 heavy (non-hydrogen) atoms. The lowest BCUT2D eigenvalue weighted by molar-refractivity contribution is -0.113. The van der Waals surface area contributed by atoms with Crippen molar-refractivity contribution in [3.63, 3.8) is 0 Å². The molecule has 0 bridgehead atoms. The molecule has 3 heterocycles. The van der Waals surface area contributed by atoms with Gasteiger partial charge >= 0.3 is 0 Å². The molecule has 0 unspecified atom stereocenters. The Bertz CT molecular complexity index is 1100. The van der Waals surface area contributed by atoms with E-state index in [2.05, 4.69) is 4.98 Å². The van der Waals surface area contributed by atoms with Gasteiger partial charge < -0.3 is 4.57 Å². The number of hydroxylamine groups is 2. The SMILES string of the molecule is CN1OC[C@@H]2CN(S(=O)(=O)c3ccccc3)[C@H](c3ccc(-n4ccnc4)cc3)C[C@@H]21. The minimum absolute atomic E-state index is 0.162. The molecular formula is C22H24N4O3S. The summed E-state index contributed by atoms with van der Waals surface area (Å²) >= 11 is 0. The first-order valence-corrected chi connectivity index (χ1v) is 11.5. The van der Waals surface area contributed by atoms with Gasteiger partial charge in [0.05, 0.1) is 23.9 Å². The zero-order chi connectivity index (χ0) is 20.7. The van der Waals surface area contributed by atoms with E-state index in [0.29, 0.717) is 24.5 Å². The standard InChI is InChI=1S/C22H24N4O3S/c1-24-21-13-22(17-7-9-19(10-8-17)25-12-11-23-16-25)26(14-18(21)15-29-24)30(27,28)20-5-3-2-4-6-20/h2-12,16,18,21-22H,13-15H2,1H3/t18-,21-,22-/m0/s1. The quantitative estimate of drug-likeness (QED) is 0.644. The predicted octanol–water partition coefficient (Wildman–Crippen LogP) is 2.87. The molecule has 0 saturated carbocycles. The van der Waals surface area contributed by atoms with Crippen molar-refractivity contribution < 1.29 is 13.3 Å². The van der Waals surface area contributed by atoms with Crippen LogP contribution in [0.25, 0.3) is 5.69 Å². The van der Waals surface area contributed by atoms with E-state index in [1.54, 1.807) is 41.1 Å². The molecule has 0 aliphatic carbocycles. The minimum Gasteiger partial charge on any atom is -0.306 e. The monoisotopic (exact) mass is 424 g/mol. The number of benzene rings is 2. The smallest absolute Gasteiger partial charge is 0.243 e. The lowest BCUT2D eigenvalue weighted by atomic mass is 9.87. The van der Waals surface area contributed by atoms with Gasteiger partial charge in [0.15, 0.2) is 0 Å². The predicted molar refractivity (Wildman–Crippen MR) is 112 cm³/mol. The fourth-order valence-corrected chi connectivity index (χ4v) is 6.22. The summed E-state index contributed by atoms with van der Waals surface area (Å²) in [6.07, 6.45) is 6.06. The molecule has 2 fully saturated rings.